The summed E-state index contributed by atoms with van der Waals surface area (Å²) in [6.07, 6.45) is 0.793. The Bertz CT molecular complexity index is 881. The minimum absolute atomic E-state index is 0.0264. The number of nitrogens with zero attached hydrogens (tertiary/aromatic N) is 1. The molecule has 1 aromatic heterocycles. The van der Waals surface area contributed by atoms with Crippen LogP contribution in [-0.2, 0) is 11.2 Å². The van der Waals surface area contributed by atoms with Crippen LogP contribution in [0, 0.1) is 0 Å². The van der Waals surface area contributed by atoms with Gasteiger partial charge in [0.1, 0.15) is 5.75 Å². The van der Waals surface area contributed by atoms with Gasteiger partial charge in [-0.05, 0) is 43.2 Å². The molecule has 0 aliphatic heterocycles. The van der Waals surface area contributed by atoms with Crippen LogP contribution in [0.15, 0.2) is 65.7 Å². The molecule has 2 aromatic carbocycles. The summed E-state index contributed by atoms with van der Waals surface area (Å²) in [5, 5.41) is 4.77. The summed E-state index contributed by atoms with van der Waals surface area (Å²) in [6.45, 7) is 2.52. The number of carbonyl (C=O) groups is 1. The van der Waals surface area contributed by atoms with Gasteiger partial charge in [0, 0.05) is 11.9 Å². The highest BCUT2D eigenvalue weighted by Gasteiger charge is 2.14. The Kier molecular flexibility index (Phi) is 6.12. The van der Waals surface area contributed by atoms with Gasteiger partial charge in [-0.25, -0.2) is 4.98 Å². The van der Waals surface area contributed by atoms with Gasteiger partial charge in [0.2, 0.25) is 5.91 Å². The van der Waals surface area contributed by atoms with Gasteiger partial charge < -0.3 is 10.1 Å². The number of aromatic nitrogens is 1. The maximum absolute atomic E-state index is 12.3. The molecule has 1 amide bonds. The number of fused-ring (bicyclic) bond motifs is 1. The first kappa shape index (κ1) is 18.3. The predicted octanol–water partition coefficient (Wildman–Crippen LogP) is 4.08. The number of carbonyl (C=O) groups excluding carboxylic acids is 1. The Hall–Kier alpha value is -2.53. The van der Waals surface area contributed by atoms with Crippen LogP contribution in [-0.4, -0.2) is 29.8 Å². The molecule has 5 heteroatoms. The smallest absolute Gasteiger partial charge is 0.233 e. The van der Waals surface area contributed by atoms with Crippen LogP contribution in [0.2, 0.25) is 0 Å². The quantitative estimate of drug-likeness (QED) is 0.640. The monoisotopic (exact) mass is 366 g/mol. The van der Waals surface area contributed by atoms with Crippen molar-refractivity contribution in [2.24, 2.45) is 0 Å². The zero-order valence-electron chi connectivity index (χ0n) is 14.9. The predicted molar refractivity (Wildman–Crippen MR) is 107 cm³/mol. The third-order valence-corrected chi connectivity index (χ3v) is 5.15. The van der Waals surface area contributed by atoms with Crippen molar-refractivity contribution in [3.05, 3.63) is 66.2 Å². The fourth-order valence-corrected chi connectivity index (χ4v) is 3.46. The molecule has 1 heterocycles. The third kappa shape index (κ3) is 4.76. The minimum Gasteiger partial charge on any atom is -0.497 e. The van der Waals surface area contributed by atoms with E-state index in [2.05, 4.69) is 10.3 Å². The Morgan fingerprint density at radius 1 is 1.12 bits per heavy atom. The van der Waals surface area contributed by atoms with E-state index in [0.717, 1.165) is 28.1 Å². The molecule has 0 aliphatic rings. The molecule has 1 unspecified atom stereocenters. The number of benzene rings is 2. The van der Waals surface area contributed by atoms with Crippen LogP contribution in [0.25, 0.3) is 10.9 Å². The first-order valence-electron chi connectivity index (χ1n) is 8.59. The molecule has 26 heavy (non-hydrogen) atoms. The number of amides is 1. The van der Waals surface area contributed by atoms with Crippen molar-refractivity contribution in [2.45, 2.75) is 23.6 Å². The lowest BCUT2D eigenvalue weighted by Gasteiger charge is -2.12. The maximum atomic E-state index is 12.3. The second-order valence-electron chi connectivity index (χ2n) is 5.99. The van der Waals surface area contributed by atoms with Gasteiger partial charge in [0.15, 0.2) is 0 Å². The summed E-state index contributed by atoms with van der Waals surface area (Å²) in [5.41, 5.74) is 2.12. The number of para-hydroxylation sites is 1. The molecular weight excluding hydrogens is 344 g/mol. The highest BCUT2D eigenvalue weighted by atomic mass is 32.2. The van der Waals surface area contributed by atoms with Crippen molar-refractivity contribution in [1.82, 2.24) is 10.3 Å². The molecule has 3 rings (SSSR count). The average molecular weight is 366 g/mol. The van der Waals surface area contributed by atoms with Crippen LogP contribution < -0.4 is 10.1 Å². The first-order valence-corrected chi connectivity index (χ1v) is 9.47. The highest BCUT2D eigenvalue weighted by Crippen LogP contribution is 2.24. The van der Waals surface area contributed by atoms with Crippen molar-refractivity contribution in [1.29, 1.82) is 0 Å². The lowest BCUT2D eigenvalue weighted by molar-refractivity contribution is -0.120. The number of thioether (sulfide) groups is 1. The zero-order chi connectivity index (χ0) is 18.4. The summed E-state index contributed by atoms with van der Waals surface area (Å²) in [5.74, 6) is 0.865. The average Bonchev–Trinajstić information content (AvgIpc) is 2.68. The van der Waals surface area contributed by atoms with Crippen molar-refractivity contribution in [3.8, 4) is 5.75 Å². The SMILES string of the molecule is COc1ccc(CCNC(=O)C(C)Sc2ccc3ccccc3n2)cc1. The molecule has 3 aromatic rings. The van der Waals surface area contributed by atoms with Gasteiger partial charge in [0.25, 0.3) is 0 Å². The summed E-state index contributed by atoms with van der Waals surface area (Å²) in [4.78, 5) is 16.9. The number of hydrogen-bond donors (Lipinski definition) is 1. The zero-order valence-corrected chi connectivity index (χ0v) is 15.8. The summed E-state index contributed by atoms with van der Waals surface area (Å²) in [7, 11) is 1.65. The van der Waals surface area contributed by atoms with E-state index in [9.17, 15) is 4.79 Å². The van der Waals surface area contributed by atoms with Crippen molar-refractivity contribution >= 4 is 28.6 Å². The molecule has 1 atom stereocenters. The van der Waals surface area contributed by atoms with E-state index in [1.807, 2.05) is 67.6 Å². The van der Waals surface area contributed by atoms with Crippen molar-refractivity contribution in [3.63, 3.8) is 0 Å². The number of ether oxygens (including phenoxy) is 1. The largest absolute Gasteiger partial charge is 0.497 e. The van der Waals surface area contributed by atoms with Crippen LogP contribution >= 0.6 is 11.8 Å². The molecule has 0 saturated carbocycles. The van der Waals surface area contributed by atoms with Gasteiger partial charge in [0.05, 0.1) is 22.9 Å². The number of pyridine rings is 1. The van der Waals surface area contributed by atoms with E-state index in [1.165, 1.54) is 17.3 Å². The number of methoxy groups -OCH3 is 1. The lowest BCUT2D eigenvalue weighted by Crippen LogP contribution is -2.32. The third-order valence-electron chi connectivity index (χ3n) is 4.11. The van der Waals surface area contributed by atoms with Gasteiger partial charge in [-0.15, -0.1) is 0 Å². The summed E-state index contributed by atoms with van der Waals surface area (Å²) in [6, 6.07) is 19.9. The Morgan fingerprint density at radius 2 is 1.88 bits per heavy atom. The number of rotatable bonds is 7. The minimum atomic E-state index is -0.195. The molecule has 0 fully saturated rings. The van der Waals surface area contributed by atoms with E-state index < -0.39 is 0 Å². The van der Waals surface area contributed by atoms with Crippen molar-refractivity contribution in [2.75, 3.05) is 13.7 Å². The van der Waals surface area contributed by atoms with Crippen LogP contribution in [0.3, 0.4) is 0 Å². The number of nitrogens with one attached hydrogen (secondary N) is 1. The summed E-state index contributed by atoms with van der Waals surface area (Å²) < 4.78 is 5.15. The van der Waals surface area contributed by atoms with Crippen molar-refractivity contribution < 1.29 is 9.53 Å². The normalized spacial score (nSPS) is 11.9. The molecule has 0 aliphatic carbocycles. The molecule has 0 spiro atoms. The lowest BCUT2D eigenvalue weighted by atomic mass is 10.1. The Balaban J connectivity index is 1.50. The second kappa shape index (κ2) is 8.72. The van der Waals surface area contributed by atoms with Crippen LogP contribution in [0.1, 0.15) is 12.5 Å². The van der Waals surface area contributed by atoms with E-state index in [1.54, 1.807) is 7.11 Å². The molecule has 4 nitrogen and oxygen atoms in total. The molecule has 0 saturated heterocycles. The van der Waals surface area contributed by atoms with Gasteiger partial charge in [-0.3, -0.25) is 4.79 Å². The van der Waals surface area contributed by atoms with E-state index >= 15 is 0 Å². The number of hydrogen-bond acceptors (Lipinski definition) is 4. The highest BCUT2D eigenvalue weighted by molar-refractivity contribution is 8.00. The van der Waals surface area contributed by atoms with E-state index in [-0.39, 0.29) is 11.2 Å². The standard InChI is InChI=1S/C21H22N2O2S/c1-15(26-20-12-9-17-5-3-4-6-19(17)23-20)21(24)22-14-13-16-7-10-18(25-2)11-8-16/h3-12,15H,13-14H2,1-2H3,(H,22,24). The molecule has 1 N–H and O–H groups in total. The maximum Gasteiger partial charge on any atom is 0.233 e. The van der Waals surface area contributed by atoms with Crippen LogP contribution in [0.4, 0.5) is 0 Å². The second-order valence-corrected chi connectivity index (χ2v) is 7.35. The van der Waals surface area contributed by atoms with Gasteiger partial charge >= 0.3 is 0 Å². The molecule has 0 bridgehead atoms. The molecular formula is C21H22N2O2S. The first-order chi connectivity index (χ1) is 12.7. The van der Waals surface area contributed by atoms with Crippen LogP contribution in [0.5, 0.6) is 5.75 Å². The fourth-order valence-electron chi connectivity index (χ4n) is 2.61. The Morgan fingerprint density at radius 3 is 2.65 bits per heavy atom. The molecule has 134 valence electrons. The van der Waals surface area contributed by atoms with E-state index in [0.29, 0.717) is 6.54 Å². The topological polar surface area (TPSA) is 51.2 Å². The summed E-state index contributed by atoms with van der Waals surface area (Å²) >= 11 is 1.48. The van der Waals surface area contributed by atoms with Gasteiger partial charge in [-0.2, -0.15) is 0 Å². The Labute approximate surface area is 158 Å². The molecule has 0 radical (unpaired) electrons. The van der Waals surface area contributed by atoms with Gasteiger partial charge in [-0.1, -0.05) is 48.2 Å². The van der Waals surface area contributed by atoms with E-state index in [4.69, 9.17) is 4.74 Å². The fraction of sp³-hybridized carbons (Fsp3) is 0.238.